The Morgan fingerprint density at radius 3 is 2.56 bits per heavy atom. The lowest BCUT2D eigenvalue weighted by Gasteiger charge is -1.99. The van der Waals surface area contributed by atoms with Gasteiger partial charge in [-0.3, -0.25) is 4.99 Å². The first-order valence-corrected chi connectivity index (χ1v) is 5.96. The predicted octanol–water partition coefficient (Wildman–Crippen LogP) is 3.37. The fraction of sp³-hybridized carbons (Fsp3) is 0.462. The number of aliphatic hydroxyl groups excluding tert-OH is 1. The molecule has 0 bridgehead atoms. The van der Waals surface area contributed by atoms with Gasteiger partial charge in [-0.05, 0) is 12.5 Å². The molecule has 0 spiro atoms. The molecule has 16 heavy (non-hydrogen) atoms. The van der Waals surface area contributed by atoms with Gasteiger partial charge < -0.3 is 5.11 Å². The van der Waals surface area contributed by atoms with Gasteiger partial charge in [0.05, 0.1) is 18.5 Å². The molecule has 0 rings (SSSR count). The summed E-state index contributed by atoms with van der Waals surface area (Å²) in [7, 11) is 0. The summed E-state index contributed by atoms with van der Waals surface area (Å²) in [6.07, 6.45) is 8.61. The van der Waals surface area contributed by atoms with Crippen LogP contribution in [-0.4, -0.2) is 29.8 Å². The second-order valence-corrected chi connectivity index (χ2v) is 3.07. The van der Waals surface area contributed by atoms with Crippen LogP contribution in [0.5, 0.6) is 0 Å². The van der Waals surface area contributed by atoms with Crippen LogP contribution >= 0.6 is 11.6 Å². The Morgan fingerprint density at radius 1 is 1.44 bits per heavy atom. The standard InChI is InChI=1S/C11H16ClNO.C2H6/c1-3-4-5-6-10(2)8-13-9-11(14)7-12;1-2/h3-6,8,11,14H,2,7,9H2,1H3;1-2H3/b4-3-,6-5-,13-8?;. The maximum Gasteiger partial charge on any atom is 0.0870 e. The van der Waals surface area contributed by atoms with E-state index in [0.717, 1.165) is 5.57 Å². The summed E-state index contributed by atoms with van der Waals surface area (Å²) < 4.78 is 0. The van der Waals surface area contributed by atoms with Gasteiger partial charge in [-0.15, -0.1) is 11.6 Å². The van der Waals surface area contributed by atoms with Crippen molar-refractivity contribution in [1.82, 2.24) is 0 Å². The van der Waals surface area contributed by atoms with Crippen molar-refractivity contribution in [3.8, 4) is 0 Å². The lowest BCUT2D eigenvalue weighted by Crippen LogP contribution is -2.12. The van der Waals surface area contributed by atoms with Crippen LogP contribution in [0.25, 0.3) is 0 Å². The molecule has 2 nitrogen and oxygen atoms in total. The molecule has 0 saturated carbocycles. The van der Waals surface area contributed by atoms with Crippen LogP contribution in [0.15, 0.2) is 41.4 Å². The quantitative estimate of drug-likeness (QED) is 0.433. The third-order valence-corrected chi connectivity index (χ3v) is 1.72. The van der Waals surface area contributed by atoms with Crippen molar-refractivity contribution >= 4 is 17.8 Å². The van der Waals surface area contributed by atoms with Crippen LogP contribution in [0.4, 0.5) is 0 Å². The Labute approximate surface area is 104 Å². The number of allylic oxidation sites excluding steroid dienone is 5. The lowest BCUT2D eigenvalue weighted by molar-refractivity contribution is 0.207. The van der Waals surface area contributed by atoms with E-state index in [4.69, 9.17) is 16.7 Å². The number of nitrogens with zero attached hydrogens (tertiary/aromatic N) is 1. The summed E-state index contributed by atoms with van der Waals surface area (Å²) in [4.78, 5) is 3.99. The molecule has 0 heterocycles. The van der Waals surface area contributed by atoms with E-state index < -0.39 is 6.10 Å². The second kappa shape index (κ2) is 14.1. The Balaban J connectivity index is 0. The zero-order chi connectivity index (χ0) is 12.8. The summed E-state index contributed by atoms with van der Waals surface area (Å²) >= 11 is 5.40. The van der Waals surface area contributed by atoms with Gasteiger partial charge in [0.15, 0.2) is 0 Å². The van der Waals surface area contributed by atoms with Gasteiger partial charge in [-0.1, -0.05) is 44.7 Å². The van der Waals surface area contributed by atoms with Gasteiger partial charge in [0.2, 0.25) is 0 Å². The number of rotatable bonds is 6. The highest BCUT2D eigenvalue weighted by atomic mass is 35.5. The molecule has 1 atom stereocenters. The van der Waals surface area contributed by atoms with Crippen molar-refractivity contribution in [2.45, 2.75) is 26.9 Å². The molecule has 0 aromatic carbocycles. The van der Waals surface area contributed by atoms with Crippen molar-refractivity contribution < 1.29 is 5.11 Å². The Hall–Kier alpha value is -0.860. The Bertz CT molecular complexity index is 244. The smallest absolute Gasteiger partial charge is 0.0870 e. The monoisotopic (exact) mass is 243 g/mol. The third-order valence-electron chi connectivity index (χ3n) is 1.37. The first kappa shape index (κ1) is 17.5. The van der Waals surface area contributed by atoms with Gasteiger partial charge >= 0.3 is 0 Å². The van der Waals surface area contributed by atoms with Gasteiger partial charge in [-0.2, -0.15) is 0 Å². The minimum absolute atomic E-state index is 0.207. The lowest BCUT2D eigenvalue weighted by atomic mass is 10.3. The maximum atomic E-state index is 9.08. The van der Waals surface area contributed by atoms with Gasteiger partial charge in [-0.25, -0.2) is 0 Å². The highest BCUT2D eigenvalue weighted by Gasteiger charge is 1.97. The predicted molar refractivity (Wildman–Crippen MR) is 74.5 cm³/mol. The largest absolute Gasteiger partial charge is 0.390 e. The van der Waals surface area contributed by atoms with E-state index in [9.17, 15) is 0 Å². The van der Waals surface area contributed by atoms with Crippen LogP contribution in [0, 0.1) is 0 Å². The molecule has 0 aliphatic rings. The van der Waals surface area contributed by atoms with E-state index in [1.165, 1.54) is 0 Å². The van der Waals surface area contributed by atoms with E-state index in [1.807, 2.05) is 45.1 Å². The van der Waals surface area contributed by atoms with Gasteiger partial charge in [0.25, 0.3) is 0 Å². The summed E-state index contributed by atoms with van der Waals surface area (Å²) in [5.74, 6) is 0.207. The van der Waals surface area contributed by atoms with Crippen molar-refractivity contribution in [3.63, 3.8) is 0 Å². The number of halogens is 1. The summed E-state index contributed by atoms with van der Waals surface area (Å²) in [6, 6.07) is 0. The Morgan fingerprint density at radius 2 is 2.06 bits per heavy atom. The summed E-state index contributed by atoms with van der Waals surface area (Å²) in [5, 5.41) is 9.08. The Kier molecular flexibility index (Phi) is 15.5. The number of hydrogen-bond donors (Lipinski definition) is 1. The minimum atomic E-state index is -0.569. The first-order valence-electron chi connectivity index (χ1n) is 5.42. The molecular weight excluding hydrogens is 222 g/mol. The number of alkyl halides is 1. The van der Waals surface area contributed by atoms with Crippen molar-refractivity contribution in [2.75, 3.05) is 12.4 Å². The minimum Gasteiger partial charge on any atom is -0.390 e. The molecule has 3 heteroatoms. The van der Waals surface area contributed by atoms with Crippen molar-refractivity contribution in [2.24, 2.45) is 4.99 Å². The van der Waals surface area contributed by atoms with Gasteiger partial charge in [0, 0.05) is 6.21 Å². The zero-order valence-corrected chi connectivity index (χ0v) is 11.1. The molecule has 0 saturated heterocycles. The second-order valence-electron chi connectivity index (χ2n) is 2.76. The highest BCUT2D eigenvalue weighted by molar-refractivity contribution is 6.18. The molecule has 92 valence electrons. The number of aliphatic hydroxyl groups is 1. The fourth-order valence-electron chi connectivity index (χ4n) is 0.674. The molecule has 0 aromatic heterocycles. The van der Waals surface area contributed by atoms with Gasteiger partial charge in [0.1, 0.15) is 0 Å². The molecule has 0 amide bonds. The normalized spacial score (nSPS) is 13.1. The van der Waals surface area contributed by atoms with Crippen LogP contribution in [0.2, 0.25) is 0 Å². The maximum absolute atomic E-state index is 9.08. The molecule has 0 radical (unpaired) electrons. The van der Waals surface area contributed by atoms with E-state index in [2.05, 4.69) is 11.6 Å². The first-order chi connectivity index (χ1) is 7.70. The van der Waals surface area contributed by atoms with Crippen LogP contribution in [0.3, 0.4) is 0 Å². The van der Waals surface area contributed by atoms with E-state index >= 15 is 0 Å². The number of aliphatic imine (C=N–C) groups is 1. The SMILES string of the molecule is C=C(C=NCC(O)CCl)/C=C\C=C/C.CC. The molecular formula is C13H22ClNO. The van der Waals surface area contributed by atoms with Crippen LogP contribution < -0.4 is 0 Å². The highest BCUT2D eigenvalue weighted by Crippen LogP contribution is 1.92. The summed E-state index contributed by atoms with van der Waals surface area (Å²) in [6.45, 7) is 10.0. The number of hydrogen-bond acceptors (Lipinski definition) is 2. The summed E-state index contributed by atoms with van der Waals surface area (Å²) in [5.41, 5.74) is 0.796. The average Bonchev–Trinajstić information content (AvgIpc) is 2.32. The molecule has 0 aromatic rings. The molecule has 0 aliphatic carbocycles. The fourth-order valence-corrected chi connectivity index (χ4v) is 0.771. The third kappa shape index (κ3) is 13.1. The van der Waals surface area contributed by atoms with E-state index in [1.54, 1.807) is 6.21 Å². The average molecular weight is 244 g/mol. The van der Waals surface area contributed by atoms with Crippen LogP contribution in [0.1, 0.15) is 20.8 Å². The van der Waals surface area contributed by atoms with Crippen LogP contribution in [-0.2, 0) is 0 Å². The molecule has 0 aliphatic heterocycles. The zero-order valence-electron chi connectivity index (χ0n) is 10.4. The van der Waals surface area contributed by atoms with Crippen molar-refractivity contribution in [1.29, 1.82) is 0 Å². The van der Waals surface area contributed by atoms with E-state index in [0.29, 0.717) is 6.54 Å². The molecule has 1 unspecified atom stereocenters. The molecule has 0 fully saturated rings. The topological polar surface area (TPSA) is 32.6 Å². The van der Waals surface area contributed by atoms with Crippen molar-refractivity contribution in [3.05, 3.63) is 36.5 Å². The van der Waals surface area contributed by atoms with E-state index in [-0.39, 0.29) is 5.88 Å². The molecule has 1 N–H and O–H groups in total.